The minimum atomic E-state index is -0.0264. The fraction of sp³-hybridized carbons (Fsp3) is 0.333. The molecule has 1 aliphatic rings. The van der Waals surface area contributed by atoms with E-state index in [2.05, 4.69) is 27.0 Å². The van der Waals surface area contributed by atoms with Crippen molar-refractivity contribution >= 4 is 15.9 Å². The van der Waals surface area contributed by atoms with Crippen LogP contribution in [0.1, 0.15) is 23.6 Å². The number of fused-ring (bicyclic) bond motifs is 1. The first-order chi connectivity index (χ1) is 9.66. The van der Waals surface area contributed by atoms with E-state index in [0.717, 1.165) is 17.9 Å². The average molecular weight is 335 g/mol. The van der Waals surface area contributed by atoms with E-state index in [1.807, 2.05) is 25.1 Å². The zero-order valence-electron chi connectivity index (χ0n) is 11.2. The number of ether oxygens (including phenoxy) is 1. The van der Waals surface area contributed by atoms with E-state index in [4.69, 9.17) is 4.74 Å². The Hall–Kier alpha value is -1.62. The third-order valence-corrected chi connectivity index (χ3v) is 4.57. The molecule has 2 heterocycles. The summed E-state index contributed by atoms with van der Waals surface area (Å²) in [6, 6.07) is 8.03. The Morgan fingerprint density at radius 3 is 3.10 bits per heavy atom. The second-order valence-corrected chi connectivity index (χ2v) is 5.77. The van der Waals surface area contributed by atoms with Crippen LogP contribution in [0, 0.1) is 6.92 Å². The topological polar surface area (TPSA) is 44.1 Å². The zero-order chi connectivity index (χ0) is 14.1. The van der Waals surface area contributed by atoms with Crippen molar-refractivity contribution in [2.24, 2.45) is 0 Å². The summed E-state index contributed by atoms with van der Waals surface area (Å²) in [6.45, 7) is 3.14. The maximum Gasteiger partial charge on any atom is 0.267 e. The molecule has 0 fully saturated rings. The predicted octanol–water partition coefficient (Wildman–Crippen LogP) is 2.88. The van der Waals surface area contributed by atoms with Crippen LogP contribution in [0.4, 0.5) is 0 Å². The van der Waals surface area contributed by atoms with Crippen LogP contribution in [-0.2, 0) is 6.54 Å². The molecule has 20 heavy (non-hydrogen) atoms. The van der Waals surface area contributed by atoms with Gasteiger partial charge >= 0.3 is 0 Å². The molecule has 0 saturated heterocycles. The van der Waals surface area contributed by atoms with Gasteiger partial charge in [-0.1, -0.05) is 18.2 Å². The van der Waals surface area contributed by atoms with Crippen molar-refractivity contribution in [3.05, 3.63) is 56.7 Å². The molecule has 1 aliphatic heterocycles. The summed E-state index contributed by atoms with van der Waals surface area (Å²) in [6.07, 6.45) is 2.54. The van der Waals surface area contributed by atoms with Crippen molar-refractivity contribution in [3.8, 4) is 5.75 Å². The van der Waals surface area contributed by atoms with Gasteiger partial charge in [0.25, 0.3) is 5.56 Å². The Labute approximate surface area is 125 Å². The highest BCUT2D eigenvalue weighted by Crippen LogP contribution is 2.34. The maximum atomic E-state index is 12.2. The molecule has 1 atom stereocenters. The maximum absolute atomic E-state index is 12.2. The standard InChI is InChI=1S/C15H15BrN2O2/c1-10-14(16)15(19)18(9-17-10)8-11-6-7-20-13-5-3-2-4-12(11)13/h2-5,9,11H,6-8H2,1H3. The smallest absolute Gasteiger partial charge is 0.267 e. The molecule has 0 radical (unpaired) electrons. The van der Waals surface area contributed by atoms with Crippen LogP contribution in [0.15, 0.2) is 39.9 Å². The highest BCUT2D eigenvalue weighted by Gasteiger charge is 2.22. The van der Waals surface area contributed by atoms with Gasteiger partial charge in [-0.2, -0.15) is 0 Å². The number of aryl methyl sites for hydroxylation is 1. The number of nitrogens with zero attached hydrogens (tertiary/aromatic N) is 2. The summed E-state index contributed by atoms with van der Waals surface area (Å²) >= 11 is 3.31. The number of halogens is 1. The van der Waals surface area contributed by atoms with Gasteiger partial charge in [-0.25, -0.2) is 4.98 Å². The normalized spacial score (nSPS) is 17.4. The van der Waals surface area contributed by atoms with Crippen molar-refractivity contribution in [1.82, 2.24) is 9.55 Å². The third kappa shape index (κ3) is 2.38. The summed E-state index contributed by atoms with van der Waals surface area (Å²) in [5.74, 6) is 1.21. The van der Waals surface area contributed by atoms with Gasteiger partial charge in [-0.05, 0) is 40.9 Å². The molecule has 104 valence electrons. The minimum absolute atomic E-state index is 0.0264. The number of para-hydroxylation sites is 1. The van der Waals surface area contributed by atoms with E-state index in [9.17, 15) is 4.79 Å². The first-order valence-electron chi connectivity index (χ1n) is 6.60. The molecule has 0 spiro atoms. The van der Waals surface area contributed by atoms with Crippen LogP contribution in [0.3, 0.4) is 0 Å². The Kier molecular flexibility index (Phi) is 3.61. The average Bonchev–Trinajstić information content (AvgIpc) is 2.48. The molecule has 0 amide bonds. The Morgan fingerprint density at radius 2 is 2.25 bits per heavy atom. The fourth-order valence-corrected chi connectivity index (χ4v) is 2.85. The number of benzene rings is 1. The lowest BCUT2D eigenvalue weighted by atomic mass is 9.93. The highest BCUT2D eigenvalue weighted by atomic mass is 79.9. The SMILES string of the molecule is Cc1ncn(CC2CCOc3ccccc32)c(=O)c1Br. The van der Waals surface area contributed by atoms with Crippen molar-refractivity contribution < 1.29 is 4.74 Å². The highest BCUT2D eigenvalue weighted by molar-refractivity contribution is 9.10. The molecule has 0 N–H and O–H groups in total. The predicted molar refractivity (Wildman–Crippen MR) is 80.2 cm³/mol. The molecule has 0 aliphatic carbocycles. The lowest BCUT2D eigenvalue weighted by molar-refractivity contribution is 0.258. The Morgan fingerprint density at radius 1 is 1.45 bits per heavy atom. The van der Waals surface area contributed by atoms with Crippen molar-refractivity contribution in [1.29, 1.82) is 0 Å². The largest absolute Gasteiger partial charge is 0.493 e. The number of hydrogen-bond acceptors (Lipinski definition) is 3. The second kappa shape index (κ2) is 5.40. The molecular weight excluding hydrogens is 320 g/mol. The molecule has 5 heteroatoms. The summed E-state index contributed by atoms with van der Waals surface area (Å²) in [5, 5.41) is 0. The molecule has 0 bridgehead atoms. The minimum Gasteiger partial charge on any atom is -0.493 e. The first-order valence-corrected chi connectivity index (χ1v) is 7.39. The number of aromatic nitrogens is 2. The Balaban J connectivity index is 1.94. The van der Waals surface area contributed by atoms with Crippen molar-refractivity contribution in [2.45, 2.75) is 25.8 Å². The van der Waals surface area contributed by atoms with Crippen LogP contribution in [0.25, 0.3) is 0 Å². The van der Waals surface area contributed by atoms with Gasteiger partial charge in [0.1, 0.15) is 10.2 Å². The first kappa shape index (κ1) is 13.4. The van der Waals surface area contributed by atoms with Crippen LogP contribution in [-0.4, -0.2) is 16.2 Å². The van der Waals surface area contributed by atoms with E-state index in [1.165, 1.54) is 5.56 Å². The van der Waals surface area contributed by atoms with Crippen LogP contribution < -0.4 is 10.3 Å². The molecule has 0 saturated carbocycles. The lowest BCUT2D eigenvalue weighted by Gasteiger charge is -2.26. The lowest BCUT2D eigenvalue weighted by Crippen LogP contribution is -2.27. The van der Waals surface area contributed by atoms with Gasteiger partial charge in [0, 0.05) is 12.5 Å². The third-order valence-electron chi connectivity index (χ3n) is 3.66. The van der Waals surface area contributed by atoms with Gasteiger partial charge in [0.05, 0.1) is 18.6 Å². The van der Waals surface area contributed by atoms with Gasteiger partial charge in [0.15, 0.2) is 0 Å². The molecule has 1 unspecified atom stereocenters. The van der Waals surface area contributed by atoms with E-state index in [-0.39, 0.29) is 11.5 Å². The summed E-state index contributed by atoms with van der Waals surface area (Å²) < 4.78 is 7.86. The molecule has 1 aromatic carbocycles. The molecular formula is C15H15BrN2O2. The number of rotatable bonds is 2. The van der Waals surface area contributed by atoms with Crippen molar-refractivity contribution in [3.63, 3.8) is 0 Å². The monoisotopic (exact) mass is 334 g/mol. The molecule has 2 aromatic rings. The molecule has 3 rings (SSSR count). The van der Waals surface area contributed by atoms with E-state index >= 15 is 0 Å². The quantitative estimate of drug-likeness (QED) is 0.848. The second-order valence-electron chi connectivity index (χ2n) is 4.97. The summed E-state index contributed by atoms with van der Waals surface area (Å²) in [7, 11) is 0. The van der Waals surface area contributed by atoms with Gasteiger partial charge < -0.3 is 4.74 Å². The molecule has 4 nitrogen and oxygen atoms in total. The summed E-state index contributed by atoms with van der Waals surface area (Å²) in [5.41, 5.74) is 1.86. The van der Waals surface area contributed by atoms with Gasteiger partial charge in [-0.15, -0.1) is 0 Å². The van der Waals surface area contributed by atoms with Crippen LogP contribution in [0.2, 0.25) is 0 Å². The fourth-order valence-electron chi connectivity index (χ4n) is 2.52. The van der Waals surface area contributed by atoms with E-state index < -0.39 is 0 Å². The van der Waals surface area contributed by atoms with E-state index in [0.29, 0.717) is 17.6 Å². The van der Waals surface area contributed by atoms with E-state index in [1.54, 1.807) is 10.9 Å². The number of hydrogen-bond donors (Lipinski definition) is 0. The van der Waals surface area contributed by atoms with Crippen molar-refractivity contribution in [2.75, 3.05) is 6.61 Å². The van der Waals surface area contributed by atoms with Gasteiger partial charge in [-0.3, -0.25) is 9.36 Å². The van der Waals surface area contributed by atoms with Crippen LogP contribution >= 0.6 is 15.9 Å². The summed E-state index contributed by atoms with van der Waals surface area (Å²) in [4.78, 5) is 16.5. The van der Waals surface area contributed by atoms with Gasteiger partial charge in [0.2, 0.25) is 0 Å². The molecule has 1 aromatic heterocycles. The van der Waals surface area contributed by atoms with Crippen LogP contribution in [0.5, 0.6) is 5.75 Å². The Bertz CT molecular complexity index is 697. The zero-order valence-corrected chi connectivity index (χ0v) is 12.8.